The first-order valence-electron chi connectivity index (χ1n) is 9.54. The first-order valence-corrected chi connectivity index (χ1v) is 9.54. The van der Waals surface area contributed by atoms with Crippen molar-refractivity contribution in [3.8, 4) is 5.75 Å². The molecular weight excluding hydrogens is 340 g/mol. The molecule has 1 N–H and O–H groups in total. The zero-order valence-electron chi connectivity index (χ0n) is 16.1. The van der Waals surface area contributed by atoms with E-state index in [4.69, 9.17) is 4.74 Å². The molecule has 2 aromatic rings. The number of ether oxygens (including phenoxy) is 1. The fraction of sp³-hybridized carbons (Fsp3) is 0.429. The Hall–Kier alpha value is -2.60. The molecule has 0 bridgehead atoms. The van der Waals surface area contributed by atoms with Crippen molar-refractivity contribution in [3.63, 3.8) is 0 Å². The second-order valence-corrected chi connectivity index (χ2v) is 6.88. The van der Waals surface area contributed by atoms with Crippen molar-refractivity contribution in [2.75, 3.05) is 32.1 Å². The van der Waals surface area contributed by atoms with E-state index in [0.29, 0.717) is 24.6 Å². The number of benzene rings is 1. The lowest BCUT2D eigenvalue weighted by Gasteiger charge is -2.37. The van der Waals surface area contributed by atoms with Gasteiger partial charge in [-0.1, -0.05) is 12.1 Å². The number of nitrogens with one attached hydrogen (secondary N) is 1. The molecular formula is C21H28N4O2. The van der Waals surface area contributed by atoms with Crippen LogP contribution in [0.1, 0.15) is 25.3 Å². The third kappa shape index (κ3) is 5.20. The van der Waals surface area contributed by atoms with Gasteiger partial charge in [0.15, 0.2) is 0 Å². The number of piperidine rings is 1. The van der Waals surface area contributed by atoms with E-state index in [-0.39, 0.29) is 12.1 Å². The van der Waals surface area contributed by atoms with Crippen molar-refractivity contribution in [2.24, 2.45) is 0 Å². The summed E-state index contributed by atoms with van der Waals surface area (Å²) in [7, 11) is 2.13. The molecule has 0 saturated carbocycles. The Bertz CT molecular complexity index is 730. The number of urea groups is 1. The number of rotatable bonds is 6. The Morgan fingerprint density at radius 2 is 1.93 bits per heavy atom. The molecule has 1 fully saturated rings. The third-order valence-corrected chi connectivity index (χ3v) is 4.92. The van der Waals surface area contributed by atoms with Gasteiger partial charge in [0.2, 0.25) is 0 Å². The number of para-hydroxylation sites is 2. The van der Waals surface area contributed by atoms with Crippen LogP contribution in [0.25, 0.3) is 0 Å². The Morgan fingerprint density at radius 1 is 1.22 bits per heavy atom. The van der Waals surface area contributed by atoms with Crippen LogP contribution in [0.15, 0.2) is 48.8 Å². The van der Waals surface area contributed by atoms with Crippen LogP contribution in [0, 0.1) is 0 Å². The number of amides is 2. The number of nitrogens with zero attached hydrogens (tertiary/aromatic N) is 3. The first kappa shape index (κ1) is 19.2. The van der Waals surface area contributed by atoms with E-state index in [2.05, 4.69) is 22.2 Å². The molecule has 0 spiro atoms. The Labute approximate surface area is 161 Å². The minimum atomic E-state index is -0.0893. The van der Waals surface area contributed by atoms with Crippen molar-refractivity contribution in [3.05, 3.63) is 54.4 Å². The molecule has 2 amide bonds. The molecule has 6 nitrogen and oxygen atoms in total. The molecule has 1 aliphatic rings. The standard InChI is InChI=1S/C21H28N4O2/c1-3-27-20-7-5-4-6-19(20)23-21(26)25(16-17-8-12-22-13-9-17)18-10-14-24(2)15-11-18/h4-9,12-13,18H,3,10-11,14-16H2,1-2H3,(H,23,26). The van der Waals surface area contributed by atoms with Gasteiger partial charge in [-0.25, -0.2) is 4.79 Å². The number of carbonyl (C=O) groups is 1. The van der Waals surface area contributed by atoms with Gasteiger partial charge in [0.1, 0.15) is 5.75 Å². The number of anilines is 1. The van der Waals surface area contributed by atoms with E-state index in [9.17, 15) is 4.79 Å². The lowest BCUT2D eigenvalue weighted by atomic mass is 10.0. The maximum atomic E-state index is 13.2. The summed E-state index contributed by atoms with van der Waals surface area (Å²) in [5.41, 5.74) is 1.79. The predicted molar refractivity (Wildman–Crippen MR) is 107 cm³/mol. The average Bonchev–Trinajstić information content (AvgIpc) is 2.69. The molecule has 1 aromatic heterocycles. The van der Waals surface area contributed by atoms with E-state index in [1.807, 2.05) is 48.2 Å². The number of aromatic nitrogens is 1. The second kappa shape index (κ2) is 9.37. The maximum absolute atomic E-state index is 13.2. The summed E-state index contributed by atoms with van der Waals surface area (Å²) in [4.78, 5) is 21.5. The van der Waals surface area contributed by atoms with Gasteiger partial charge in [0.05, 0.1) is 12.3 Å². The molecule has 6 heteroatoms. The quantitative estimate of drug-likeness (QED) is 0.846. The molecule has 0 unspecified atom stereocenters. The topological polar surface area (TPSA) is 57.7 Å². The van der Waals surface area contributed by atoms with Crippen molar-refractivity contribution in [2.45, 2.75) is 32.4 Å². The van der Waals surface area contributed by atoms with Gasteiger partial charge in [-0.15, -0.1) is 0 Å². The van der Waals surface area contributed by atoms with Gasteiger partial charge in [-0.2, -0.15) is 0 Å². The fourth-order valence-corrected chi connectivity index (χ4v) is 3.40. The summed E-state index contributed by atoms with van der Waals surface area (Å²) in [6.07, 6.45) is 5.49. The third-order valence-electron chi connectivity index (χ3n) is 4.92. The first-order chi connectivity index (χ1) is 13.2. The Balaban J connectivity index is 1.78. The van der Waals surface area contributed by atoms with Gasteiger partial charge < -0.3 is 19.9 Å². The molecule has 2 heterocycles. The highest BCUT2D eigenvalue weighted by Gasteiger charge is 2.27. The molecule has 3 rings (SSSR count). The molecule has 1 saturated heterocycles. The number of pyridine rings is 1. The highest BCUT2D eigenvalue weighted by Crippen LogP contribution is 2.26. The zero-order valence-corrected chi connectivity index (χ0v) is 16.1. The average molecular weight is 368 g/mol. The smallest absolute Gasteiger partial charge is 0.322 e. The highest BCUT2D eigenvalue weighted by molar-refractivity contribution is 5.91. The van der Waals surface area contributed by atoms with Crippen LogP contribution in [0.5, 0.6) is 5.75 Å². The number of carbonyl (C=O) groups excluding carboxylic acids is 1. The van der Waals surface area contributed by atoms with Crippen molar-refractivity contribution >= 4 is 11.7 Å². The number of hydrogen-bond acceptors (Lipinski definition) is 4. The molecule has 0 radical (unpaired) electrons. The number of hydrogen-bond donors (Lipinski definition) is 1. The summed E-state index contributed by atoms with van der Waals surface area (Å²) in [6, 6.07) is 11.6. The van der Waals surface area contributed by atoms with Gasteiger partial charge in [0.25, 0.3) is 0 Å². The van der Waals surface area contributed by atoms with E-state index >= 15 is 0 Å². The second-order valence-electron chi connectivity index (χ2n) is 6.88. The van der Waals surface area contributed by atoms with E-state index in [1.54, 1.807) is 12.4 Å². The fourth-order valence-electron chi connectivity index (χ4n) is 3.40. The van der Waals surface area contributed by atoms with Gasteiger partial charge in [-0.3, -0.25) is 4.98 Å². The predicted octanol–water partition coefficient (Wildman–Crippen LogP) is 3.61. The van der Waals surface area contributed by atoms with Gasteiger partial charge >= 0.3 is 6.03 Å². The van der Waals surface area contributed by atoms with Crippen molar-refractivity contribution in [1.82, 2.24) is 14.8 Å². The Kier molecular flexibility index (Phi) is 6.65. The summed E-state index contributed by atoms with van der Waals surface area (Å²) in [5.74, 6) is 0.695. The van der Waals surface area contributed by atoms with Crippen LogP contribution in [0.2, 0.25) is 0 Å². The van der Waals surface area contributed by atoms with Crippen LogP contribution in [0.4, 0.5) is 10.5 Å². The molecule has 144 valence electrons. The minimum Gasteiger partial charge on any atom is -0.492 e. The maximum Gasteiger partial charge on any atom is 0.322 e. The largest absolute Gasteiger partial charge is 0.492 e. The molecule has 1 aliphatic heterocycles. The van der Waals surface area contributed by atoms with Crippen molar-refractivity contribution < 1.29 is 9.53 Å². The van der Waals surface area contributed by atoms with Crippen LogP contribution in [0.3, 0.4) is 0 Å². The van der Waals surface area contributed by atoms with Crippen molar-refractivity contribution in [1.29, 1.82) is 0 Å². The van der Waals surface area contributed by atoms with Crippen LogP contribution >= 0.6 is 0 Å². The lowest BCUT2D eigenvalue weighted by Crippen LogP contribution is -2.47. The Morgan fingerprint density at radius 3 is 2.63 bits per heavy atom. The highest BCUT2D eigenvalue weighted by atomic mass is 16.5. The lowest BCUT2D eigenvalue weighted by molar-refractivity contribution is 0.135. The molecule has 0 atom stereocenters. The summed E-state index contributed by atoms with van der Waals surface area (Å²) >= 11 is 0. The number of likely N-dealkylation sites (tertiary alicyclic amines) is 1. The SMILES string of the molecule is CCOc1ccccc1NC(=O)N(Cc1ccncc1)C1CCN(C)CC1. The molecule has 0 aliphatic carbocycles. The summed E-state index contributed by atoms with van der Waals surface area (Å²) in [6.45, 7) is 5.07. The summed E-state index contributed by atoms with van der Waals surface area (Å²) < 4.78 is 5.65. The normalized spacial score (nSPS) is 15.3. The molecule has 1 aromatic carbocycles. The van der Waals surface area contributed by atoms with E-state index in [1.165, 1.54) is 0 Å². The monoisotopic (exact) mass is 368 g/mol. The van der Waals surface area contributed by atoms with Gasteiger partial charge in [0, 0.05) is 25.0 Å². The van der Waals surface area contributed by atoms with Crippen LogP contribution in [-0.4, -0.2) is 53.6 Å². The summed E-state index contributed by atoms with van der Waals surface area (Å²) in [5, 5.41) is 3.06. The van der Waals surface area contributed by atoms with Crippen LogP contribution in [-0.2, 0) is 6.54 Å². The minimum absolute atomic E-state index is 0.0893. The van der Waals surface area contributed by atoms with Crippen LogP contribution < -0.4 is 10.1 Å². The zero-order chi connectivity index (χ0) is 19.1. The van der Waals surface area contributed by atoms with Gasteiger partial charge in [-0.05, 0) is 69.7 Å². The van der Waals surface area contributed by atoms with E-state index < -0.39 is 0 Å². The molecule has 27 heavy (non-hydrogen) atoms. The van der Waals surface area contributed by atoms with E-state index in [0.717, 1.165) is 31.5 Å².